The van der Waals surface area contributed by atoms with E-state index in [2.05, 4.69) is 4.98 Å². The Morgan fingerprint density at radius 3 is 2.44 bits per heavy atom. The zero-order chi connectivity index (χ0) is 18.5. The average molecular weight is 361 g/mol. The van der Waals surface area contributed by atoms with Crippen molar-refractivity contribution in [2.24, 2.45) is 0 Å². The first-order chi connectivity index (χ1) is 13.1. The first-order valence-corrected chi connectivity index (χ1v) is 8.46. The minimum absolute atomic E-state index is 0.0175. The summed E-state index contributed by atoms with van der Waals surface area (Å²) in [5, 5.41) is 0.698. The number of fused-ring (bicyclic) bond motifs is 5. The second-order valence-electron chi connectivity index (χ2n) is 6.40. The molecule has 0 spiro atoms. The van der Waals surface area contributed by atoms with E-state index in [9.17, 15) is 13.6 Å². The topological polar surface area (TPSA) is 39.3 Å². The fraction of sp³-hybridized carbons (Fsp3) is 0.0476. The summed E-state index contributed by atoms with van der Waals surface area (Å²) in [5.41, 5.74) is 1.68. The van der Waals surface area contributed by atoms with Crippen molar-refractivity contribution in [1.29, 1.82) is 0 Å². The maximum atomic E-state index is 14.2. The molecule has 0 amide bonds. The lowest BCUT2D eigenvalue weighted by molar-refractivity contribution is 0.590. The number of halogens is 2. The van der Waals surface area contributed by atoms with Crippen molar-refractivity contribution in [3.05, 3.63) is 94.4 Å². The van der Waals surface area contributed by atoms with Crippen molar-refractivity contribution in [2.75, 3.05) is 0 Å². The third-order valence-electron chi connectivity index (χ3n) is 4.72. The highest BCUT2D eigenvalue weighted by molar-refractivity contribution is 5.96. The van der Waals surface area contributed by atoms with E-state index in [0.29, 0.717) is 23.1 Å². The van der Waals surface area contributed by atoms with E-state index in [0.717, 1.165) is 17.7 Å². The van der Waals surface area contributed by atoms with Gasteiger partial charge in [-0.2, -0.15) is 0 Å². The number of benzene rings is 3. The molecule has 0 fully saturated rings. The largest absolute Gasteiger partial charge is 0.335 e. The van der Waals surface area contributed by atoms with Crippen molar-refractivity contribution in [1.82, 2.24) is 14.0 Å². The van der Waals surface area contributed by atoms with Crippen molar-refractivity contribution in [3.63, 3.8) is 0 Å². The molecule has 0 saturated heterocycles. The maximum Gasteiger partial charge on any atom is 0.335 e. The van der Waals surface area contributed by atoms with Gasteiger partial charge >= 0.3 is 5.69 Å². The smallest absolute Gasteiger partial charge is 0.289 e. The molecule has 0 bridgehead atoms. The lowest BCUT2D eigenvalue weighted by Gasteiger charge is -2.12. The van der Waals surface area contributed by atoms with Crippen LogP contribution in [-0.4, -0.2) is 14.0 Å². The zero-order valence-electron chi connectivity index (χ0n) is 14.1. The summed E-state index contributed by atoms with van der Waals surface area (Å²) in [6.07, 6.45) is 0. The molecule has 6 heteroatoms. The molecule has 0 unspecified atom stereocenters. The molecule has 2 heterocycles. The van der Waals surface area contributed by atoms with Gasteiger partial charge in [0.25, 0.3) is 0 Å². The number of hydrogen-bond acceptors (Lipinski definition) is 2. The summed E-state index contributed by atoms with van der Waals surface area (Å²) in [7, 11) is 0. The summed E-state index contributed by atoms with van der Waals surface area (Å²) >= 11 is 0. The van der Waals surface area contributed by atoms with Gasteiger partial charge in [-0.1, -0.05) is 42.5 Å². The number of rotatable bonds is 2. The van der Waals surface area contributed by atoms with Crippen LogP contribution in [0.5, 0.6) is 0 Å². The van der Waals surface area contributed by atoms with E-state index in [1.165, 1.54) is 4.40 Å². The molecule has 0 aliphatic heterocycles. The highest BCUT2D eigenvalue weighted by atomic mass is 19.1. The second kappa shape index (κ2) is 5.74. The molecule has 5 aromatic rings. The summed E-state index contributed by atoms with van der Waals surface area (Å²) in [6, 6.07) is 18.8. The van der Waals surface area contributed by atoms with Gasteiger partial charge in [-0.3, -0.25) is 4.57 Å². The van der Waals surface area contributed by atoms with Crippen molar-refractivity contribution < 1.29 is 8.78 Å². The van der Waals surface area contributed by atoms with E-state index >= 15 is 0 Å². The number of hydrogen-bond donors (Lipinski definition) is 0. The predicted molar refractivity (Wildman–Crippen MR) is 99.9 cm³/mol. The van der Waals surface area contributed by atoms with Crippen LogP contribution in [0.15, 0.2) is 71.5 Å². The molecule has 0 radical (unpaired) electrons. The molecule has 5 rings (SSSR count). The van der Waals surface area contributed by atoms with Gasteiger partial charge in [0, 0.05) is 17.5 Å². The Labute approximate surface area is 151 Å². The highest BCUT2D eigenvalue weighted by Gasteiger charge is 2.18. The molecule has 27 heavy (non-hydrogen) atoms. The Balaban J connectivity index is 1.95. The molecule has 4 nitrogen and oxygen atoms in total. The molecule has 2 aromatic heterocycles. The van der Waals surface area contributed by atoms with Gasteiger partial charge in [-0.15, -0.1) is 0 Å². The summed E-state index contributed by atoms with van der Waals surface area (Å²) < 4.78 is 30.9. The fourth-order valence-corrected chi connectivity index (χ4v) is 3.52. The SMILES string of the molecule is O=c1n(Cc2ccccc2)c2ccccc2c2nc3c(F)cc(F)cc3n12. The van der Waals surface area contributed by atoms with E-state index in [-0.39, 0.29) is 16.7 Å². The Kier molecular flexibility index (Phi) is 3.33. The van der Waals surface area contributed by atoms with E-state index in [1.54, 1.807) is 4.57 Å². The van der Waals surface area contributed by atoms with Crippen molar-refractivity contribution in [3.8, 4) is 0 Å². The number of para-hydroxylation sites is 1. The Morgan fingerprint density at radius 1 is 0.889 bits per heavy atom. The minimum Gasteiger partial charge on any atom is -0.289 e. The van der Waals surface area contributed by atoms with Crippen LogP contribution in [0, 0.1) is 11.6 Å². The van der Waals surface area contributed by atoms with Crippen LogP contribution in [-0.2, 0) is 6.54 Å². The quantitative estimate of drug-likeness (QED) is 0.474. The van der Waals surface area contributed by atoms with Crippen LogP contribution in [0.25, 0.3) is 27.6 Å². The van der Waals surface area contributed by atoms with E-state index in [1.807, 2.05) is 54.6 Å². The minimum atomic E-state index is -0.785. The molecular formula is C21H13F2N3O. The molecular weight excluding hydrogens is 348 g/mol. The monoisotopic (exact) mass is 361 g/mol. The van der Waals surface area contributed by atoms with Crippen molar-refractivity contribution >= 4 is 27.6 Å². The molecule has 3 aromatic carbocycles. The van der Waals surface area contributed by atoms with Gasteiger partial charge in [0.2, 0.25) is 0 Å². The average Bonchev–Trinajstić information content (AvgIpc) is 3.06. The third kappa shape index (κ3) is 2.33. The Hall–Kier alpha value is -3.54. The van der Waals surface area contributed by atoms with Crippen LogP contribution < -0.4 is 5.69 Å². The van der Waals surface area contributed by atoms with Gasteiger partial charge in [-0.05, 0) is 17.7 Å². The Bertz CT molecular complexity index is 1390. The van der Waals surface area contributed by atoms with Crippen LogP contribution in [0.4, 0.5) is 8.78 Å². The van der Waals surface area contributed by atoms with Gasteiger partial charge in [-0.25, -0.2) is 23.0 Å². The lowest BCUT2D eigenvalue weighted by Crippen LogP contribution is -2.27. The first-order valence-electron chi connectivity index (χ1n) is 8.46. The maximum absolute atomic E-state index is 14.2. The van der Waals surface area contributed by atoms with Gasteiger partial charge in [0.15, 0.2) is 11.5 Å². The Morgan fingerprint density at radius 2 is 1.63 bits per heavy atom. The highest BCUT2D eigenvalue weighted by Crippen LogP contribution is 2.25. The van der Waals surface area contributed by atoms with Gasteiger partial charge in [0.05, 0.1) is 17.6 Å². The number of imidazole rings is 1. The van der Waals surface area contributed by atoms with E-state index < -0.39 is 11.6 Å². The standard InChI is InChI=1S/C21H13F2N3O/c22-14-10-16(23)19-18(11-14)26-20(24-19)15-8-4-5-9-17(15)25(21(26)27)12-13-6-2-1-3-7-13/h1-11H,12H2. The number of aromatic nitrogens is 3. The van der Waals surface area contributed by atoms with Crippen LogP contribution >= 0.6 is 0 Å². The van der Waals surface area contributed by atoms with Gasteiger partial charge in [0.1, 0.15) is 11.3 Å². The second-order valence-corrected chi connectivity index (χ2v) is 6.40. The summed E-state index contributed by atoms with van der Waals surface area (Å²) in [4.78, 5) is 17.6. The molecule has 132 valence electrons. The predicted octanol–water partition coefficient (Wildman–Crippen LogP) is 4.13. The first kappa shape index (κ1) is 15.7. The fourth-order valence-electron chi connectivity index (χ4n) is 3.52. The van der Waals surface area contributed by atoms with Crippen LogP contribution in [0.2, 0.25) is 0 Å². The van der Waals surface area contributed by atoms with Gasteiger partial charge < -0.3 is 0 Å². The molecule has 0 N–H and O–H groups in total. The van der Waals surface area contributed by atoms with Crippen LogP contribution in [0.1, 0.15) is 5.56 Å². The normalized spacial score (nSPS) is 11.6. The third-order valence-corrected chi connectivity index (χ3v) is 4.72. The molecule has 0 aliphatic carbocycles. The summed E-state index contributed by atoms with van der Waals surface area (Å²) in [6.45, 7) is 0.341. The lowest BCUT2D eigenvalue weighted by atomic mass is 10.2. The summed E-state index contributed by atoms with van der Waals surface area (Å²) in [5.74, 6) is -1.53. The van der Waals surface area contributed by atoms with Crippen molar-refractivity contribution in [2.45, 2.75) is 6.54 Å². The van der Waals surface area contributed by atoms with E-state index in [4.69, 9.17) is 0 Å². The zero-order valence-corrected chi connectivity index (χ0v) is 14.1. The molecule has 0 aliphatic rings. The number of nitrogens with zero attached hydrogens (tertiary/aromatic N) is 3. The van der Waals surface area contributed by atoms with Crippen LogP contribution in [0.3, 0.4) is 0 Å². The molecule has 0 saturated carbocycles. The molecule has 0 atom stereocenters.